The van der Waals surface area contributed by atoms with Gasteiger partial charge in [0.05, 0.1) is 24.6 Å². The van der Waals surface area contributed by atoms with E-state index in [0.717, 1.165) is 10.4 Å². The topological polar surface area (TPSA) is 134 Å². The molecule has 1 unspecified atom stereocenters. The highest BCUT2D eigenvalue weighted by Crippen LogP contribution is 2.53. The zero-order chi connectivity index (χ0) is 24.7. The van der Waals surface area contributed by atoms with Gasteiger partial charge in [-0.1, -0.05) is 24.3 Å². The molecule has 5 N–H and O–H groups in total. The number of primary amides is 1. The van der Waals surface area contributed by atoms with Gasteiger partial charge in [-0.25, -0.2) is 0 Å². The van der Waals surface area contributed by atoms with Crippen LogP contribution in [0.2, 0.25) is 0 Å². The summed E-state index contributed by atoms with van der Waals surface area (Å²) in [6, 6.07) is 16.1. The molecule has 8 nitrogen and oxygen atoms in total. The molecule has 0 aliphatic rings. The largest absolute Gasteiger partial charge is 0.397 e. The molecule has 0 spiro atoms. The van der Waals surface area contributed by atoms with Crippen LogP contribution in [0, 0.1) is 0 Å². The van der Waals surface area contributed by atoms with Crippen LogP contribution in [0.25, 0.3) is 10.4 Å². The number of rotatable bonds is 11. The van der Waals surface area contributed by atoms with Crippen LogP contribution in [0.1, 0.15) is 29.8 Å². The number of carbonyl (C=O) groups excluding carboxylic acids is 2. The average Bonchev–Trinajstić information content (AvgIpc) is 3.34. The van der Waals surface area contributed by atoms with Gasteiger partial charge in [-0.05, 0) is 67.1 Å². The normalized spacial score (nSPS) is 12.3. The van der Waals surface area contributed by atoms with Crippen LogP contribution < -0.4 is 16.8 Å². The predicted octanol–water partition coefficient (Wildman–Crippen LogP) is 4.91. The molecule has 2 aromatic carbocycles. The van der Waals surface area contributed by atoms with Gasteiger partial charge in [-0.3, -0.25) is 14.2 Å². The maximum absolute atomic E-state index is 13.1. The Labute approximate surface area is 202 Å². The van der Waals surface area contributed by atoms with Gasteiger partial charge in [0.1, 0.15) is 5.66 Å². The van der Waals surface area contributed by atoms with E-state index < -0.39 is 19.2 Å². The van der Waals surface area contributed by atoms with Crippen molar-refractivity contribution in [3.05, 3.63) is 71.1 Å². The lowest BCUT2D eigenvalue weighted by molar-refractivity contribution is -0.118. The molecular formula is C24H28N3O5PS. The molecule has 3 aromatic rings. The molecule has 2 amide bonds. The lowest BCUT2D eigenvalue weighted by Crippen LogP contribution is -2.32. The number of hydrogen-bond donors (Lipinski definition) is 3. The van der Waals surface area contributed by atoms with Gasteiger partial charge in [0.25, 0.3) is 5.91 Å². The Kier molecular flexibility index (Phi) is 8.63. The van der Waals surface area contributed by atoms with Crippen molar-refractivity contribution in [2.75, 3.05) is 24.3 Å². The zero-order valence-electron chi connectivity index (χ0n) is 19.0. The Morgan fingerprint density at radius 3 is 2.29 bits per heavy atom. The van der Waals surface area contributed by atoms with Crippen LogP contribution in [-0.2, 0) is 24.8 Å². The number of nitrogens with one attached hydrogen (secondary N) is 1. The molecule has 0 saturated carbocycles. The van der Waals surface area contributed by atoms with E-state index in [-0.39, 0.29) is 25.5 Å². The minimum absolute atomic E-state index is 0.0598. The van der Waals surface area contributed by atoms with E-state index >= 15 is 0 Å². The third kappa shape index (κ3) is 6.12. The number of anilines is 2. The third-order valence-electron chi connectivity index (χ3n) is 5.08. The molecule has 3 rings (SSSR count). The first-order chi connectivity index (χ1) is 16.3. The molecule has 180 valence electrons. The lowest BCUT2D eigenvalue weighted by Gasteiger charge is -2.24. The molecule has 0 saturated heterocycles. The summed E-state index contributed by atoms with van der Waals surface area (Å²) >= 11 is 1.60. The van der Waals surface area contributed by atoms with Crippen LogP contribution in [0.4, 0.5) is 11.4 Å². The van der Waals surface area contributed by atoms with Crippen LogP contribution in [-0.4, -0.2) is 30.7 Å². The Bertz CT molecular complexity index is 1170. The van der Waals surface area contributed by atoms with Gasteiger partial charge in [0.15, 0.2) is 0 Å². The molecular weight excluding hydrogens is 473 g/mol. The van der Waals surface area contributed by atoms with Gasteiger partial charge >= 0.3 is 7.60 Å². The summed E-state index contributed by atoms with van der Waals surface area (Å²) < 4.78 is 23.7. The minimum atomic E-state index is -3.73. The molecule has 0 fully saturated rings. The standard InChI is InChI=1S/C24H28N3O5PS/c1-3-31-33(30,32-4-2)21(23(26)28)14-16-7-9-17(10-8-16)24(29)27-20-15-18(11-12-19(20)25)22-6-5-13-34-22/h5-13,15,21H,3-4,14,25H2,1-2H3,(H2,26,28)(H,27,29). The number of hydrogen-bond acceptors (Lipinski definition) is 7. The summed E-state index contributed by atoms with van der Waals surface area (Å²) in [6.45, 7) is 3.58. The van der Waals surface area contributed by atoms with Crippen molar-refractivity contribution in [3.63, 3.8) is 0 Å². The second kappa shape index (κ2) is 11.4. The number of carbonyl (C=O) groups is 2. The van der Waals surface area contributed by atoms with E-state index in [1.807, 2.05) is 29.6 Å². The Balaban J connectivity index is 1.75. The zero-order valence-corrected chi connectivity index (χ0v) is 20.7. The fourth-order valence-corrected chi connectivity index (χ4v) is 6.04. The second-order valence-electron chi connectivity index (χ2n) is 7.43. The summed E-state index contributed by atoms with van der Waals surface area (Å²) in [5, 5.41) is 4.83. The summed E-state index contributed by atoms with van der Waals surface area (Å²) in [4.78, 5) is 25.9. The van der Waals surface area contributed by atoms with Crippen LogP contribution in [0.3, 0.4) is 0 Å². The highest BCUT2D eigenvalue weighted by atomic mass is 32.1. The van der Waals surface area contributed by atoms with E-state index in [1.54, 1.807) is 55.5 Å². The summed E-state index contributed by atoms with van der Waals surface area (Å²) in [6.07, 6.45) is 0.0598. The second-order valence-corrected chi connectivity index (χ2v) is 10.6. The summed E-state index contributed by atoms with van der Waals surface area (Å²) in [5.74, 6) is -1.10. The highest BCUT2D eigenvalue weighted by molar-refractivity contribution is 7.55. The molecule has 1 aromatic heterocycles. The predicted molar refractivity (Wildman–Crippen MR) is 136 cm³/mol. The van der Waals surface area contributed by atoms with E-state index in [4.69, 9.17) is 20.5 Å². The van der Waals surface area contributed by atoms with E-state index in [0.29, 0.717) is 22.5 Å². The molecule has 1 atom stereocenters. The molecule has 10 heteroatoms. The molecule has 0 radical (unpaired) electrons. The Morgan fingerprint density at radius 2 is 1.74 bits per heavy atom. The fourth-order valence-electron chi connectivity index (χ4n) is 3.42. The third-order valence-corrected chi connectivity index (χ3v) is 8.44. The minimum Gasteiger partial charge on any atom is -0.397 e. The Morgan fingerprint density at radius 1 is 1.06 bits per heavy atom. The van der Waals surface area contributed by atoms with Crippen molar-refractivity contribution in [1.29, 1.82) is 0 Å². The first-order valence-corrected chi connectivity index (χ1v) is 13.3. The SMILES string of the molecule is CCOP(=O)(OCC)C(Cc1ccc(C(=O)Nc2cc(-c3cccs3)ccc2N)cc1)C(N)=O. The van der Waals surface area contributed by atoms with Crippen molar-refractivity contribution in [2.24, 2.45) is 5.73 Å². The van der Waals surface area contributed by atoms with Gasteiger partial charge in [-0.2, -0.15) is 0 Å². The molecule has 34 heavy (non-hydrogen) atoms. The number of thiophene rings is 1. The smallest absolute Gasteiger partial charge is 0.343 e. The Hall–Kier alpha value is -2.97. The maximum atomic E-state index is 13.1. The molecule has 1 heterocycles. The molecule has 0 bridgehead atoms. The van der Waals surface area contributed by atoms with E-state index in [9.17, 15) is 14.2 Å². The van der Waals surface area contributed by atoms with Gasteiger partial charge in [0, 0.05) is 10.4 Å². The summed E-state index contributed by atoms with van der Waals surface area (Å²) in [5.41, 5.74) is 13.4. The quantitative estimate of drug-likeness (QED) is 0.252. The van der Waals surface area contributed by atoms with Gasteiger partial charge < -0.3 is 25.8 Å². The lowest BCUT2D eigenvalue weighted by atomic mass is 10.1. The van der Waals surface area contributed by atoms with Gasteiger partial charge in [0.2, 0.25) is 5.91 Å². The van der Waals surface area contributed by atoms with Crippen LogP contribution in [0.5, 0.6) is 0 Å². The van der Waals surface area contributed by atoms with Crippen LogP contribution >= 0.6 is 18.9 Å². The van der Waals surface area contributed by atoms with Crippen molar-refractivity contribution < 1.29 is 23.2 Å². The highest BCUT2D eigenvalue weighted by Gasteiger charge is 2.39. The van der Waals surface area contributed by atoms with Crippen molar-refractivity contribution >= 4 is 42.1 Å². The fraction of sp³-hybridized carbons (Fsp3) is 0.250. The monoisotopic (exact) mass is 501 g/mol. The maximum Gasteiger partial charge on any atom is 0.343 e. The van der Waals surface area contributed by atoms with Gasteiger partial charge in [-0.15, -0.1) is 11.3 Å². The molecule has 0 aliphatic heterocycles. The number of benzene rings is 2. The van der Waals surface area contributed by atoms with E-state index in [2.05, 4.69) is 5.32 Å². The molecule has 0 aliphatic carbocycles. The van der Waals surface area contributed by atoms with Crippen molar-refractivity contribution in [1.82, 2.24) is 0 Å². The average molecular weight is 502 g/mol. The number of amides is 2. The number of nitrogen functional groups attached to an aromatic ring is 1. The van der Waals surface area contributed by atoms with Crippen molar-refractivity contribution in [2.45, 2.75) is 25.9 Å². The first kappa shape index (κ1) is 25.6. The van der Waals surface area contributed by atoms with E-state index in [1.165, 1.54) is 0 Å². The summed E-state index contributed by atoms with van der Waals surface area (Å²) in [7, 11) is -3.73. The first-order valence-electron chi connectivity index (χ1n) is 10.8. The van der Waals surface area contributed by atoms with Crippen LogP contribution in [0.15, 0.2) is 60.0 Å². The van der Waals surface area contributed by atoms with Crippen molar-refractivity contribution in [3.8, 4) is 10.4 Å². The number of nitrogens with two attached hydrogens (primary N) is 2.